The van der Waals surface area contributed by atoms with Crippen LogP contribution in [-0.2, 0) is 0 Å². The number of para-hydroxylation sites is 1. The second kappa shape index (κ2) is 12.0. The van der Waals surface area contributed by atoms with E-state index in [1.54, 1.807) is 6.33 Å². The summed E-state index contributed by atoms with van der Waals surface area (Å²) in [5.74, 6) is 2.17. The summed E-state index contributed by atoms with van der Waals surface area (Å²) in [6.07, 6.45) is 11.2. The van der Waals surface area contributed by atoms with E-state index in [4.69, 9.17) is 15.5 Å². The first-order valence-electron chi connectivity index (χ1n) is 15.0. The zero-order valence-corrected chi connectivity index (χ0v) is 23.9. The molecule has 7 heteroatoms. The van der Waals surface area contributed by atoms with Crippen molar-refractivity contribution in [1.29, 1.82) is 0 Å². The third-order valence-corrected chi connectivity index (χ3v) is 9.16. The highest BCUT2D eigenvalue weighted by molar-refractivity contribution is 6.00. The number of aromatic nitrogens is 3. The minimum absolute atomic E-state index is 0.414. The number of hydrogen-bond acceptors (Lipinski definition) is 6. The molecule has 1 unspecified atom stereocenters. The Bertz CT molecular complexity index is 1390. The predicted molar refractivity (Wildman–Crippen MR) is 163 cm³/mol. The van der Waals surface area contributed by atoms with E-state index in [9.17, 15) is 0 Å². The molecule has 2 aromatic carbocycles. The second-order valence-corrected chi connectivity index (χ2v) is 11.5. The van der Waals surface area contributed by atoms with Gasteiger partial charge < -0.3 is 15.0 Å². The molecule has 1 saturated heterocycles. The van der Waals surface area contributed by atoms with E-state index < -0.39 is 0 Å². The maximum atomic E-state index is 6.46. The Morgan fingerprint density at radius 2 is 1.57 bits per heavy atom. The molecule has 2 fully saturated rings. The first-order valence-corrected chi connectivity index (χ1v) is 15.0. The highest BCUT2D eigenvalue weighted by Gasteiger charge is 2.29. The van der Waals surface area contributed by atoms with Gasteiger partial charge in [-0.15, -0.1) is 0 Å². The first kappa shape index (κ1) is 26.8. The van der Waals surface area contributed by atoms with Crippen molar-refractivity contribution >= 4 is 16.9 Å². The van der Waals surface area contributed by atoms with Crippen LogP contribution < -0.4 is 10.5 Å². The fourth-order valence-electron chi connectivity index (χ4n) is 6.64. The molecule has 7 nitrogen and oxygen atoms in total. The van der Waals surface area contributed by atoms with Crippen LogP contribution in [0, 0.1) is 0 Å². The smallest absolute Gasteiger partial charge is 0.146 e. The number of nitrogens with two attached hydrogens (primary N) is 1. The van der Waals surface area contributed by atoms with Crippen LogP contribution in [0.5, 0.6) is 11.5 Å². The van der Waals surface area contributed by atoms with Crippen LogP contribution in [0.4, 0.5) is 5.82 Å². The molecule has 0 bridgehead atoms. The van der Waals surface area contributed by atoms with Gasteiger partial charge in [0.05, 0.1) is 5.39 Å². The fourth-order valence-corrected chi connectivity index (χ4v) is 6.64. The Balaban J connectivity index is 1.20. The molecular weight excluding hydrogens is 496 g/mol. The summed E-state index contributed by atoms with van der Waals surface area (Å²) in [5.41, 5.74) is 9.58. The minimum atomic E-state index is 0.414. The van der Waals surface area contributed by atoms with Crippen LogP contribution in [-0.4, -0.2) is 62.6 Å². The van der Waals surface area contributed by atoms with Crippen LogP contribution in [0.2, 0.25) is 0 Å². The van der Waals surface area contributed by atoms with Crippen molar-refractivity contribution in [1.82, 2.24) is 24.3 Å². The Hall–Kier alpha value is -3.42. The lowest BCUT2D eigenvalue weighted by Gasteiger charge is -2.41. The van der Waals surface area contributed by atoms with Crippen LogP contribution in [0.1, 0.15) is 58.4 Å². The number of fused-ring (bicyclic) bond motifs is 1. The molecule has 0 radical (unpaired) electrons. The molecule has 210 valence electrons. The van der Waals surface area contributed by atoms with Crippen molar-refractivity contribution in [2.24, 2.45) is 0 Å². The third-order valence-electron chi connectivity index (χ3n) is 9.16. The van der Waals surface area contributed by atoms with E-state index in [0.29, 0.717) is 23.9 Å². The maximum Gasteiger partial charge on any atom is 0.146 e. The van der Waals surface area contributed by atoms with Gasteiger partial charge in [0, 0.05) is 56.1 Å². The summed E-state index contributed by atoms with van der Waals surface area (Å²) in [5, 5.41) is 0.946. The summed E-state index contributed by atoms with van der Waals surface area (Å²) in [7, 11) is 0. The van der Waals surface area contributed by atoms with Crippen molar-refractivity contribution < 1.29 is 4.74 Å². The minimum Gasteiger partial charge on any atom is -0.457 e. The lowest BCUT2D eigenvalue weighted by molar-refractivity contribution is 0.0670. The number of rotatable bonds is 7. The van der Waals surface area contributed by atoms with Gasteiger partial charge in [0.25, 0.3) is 0 Å². The summed E-state index contributed by atoms with van der Waals surface area (Å²) in [4.78, 5) is 14.5. The van der Waals surface area contributed by atoms with Crippen molar-refractivity contribution in [3.8, 4) is 22.6 Å². The summed E-state index contributed by atoms with van der Waals surface area (Å²) < 4.78 is 8.41. The molecular formula is C33H42N6O. The second-order valence-electron chi connectivity index (χ2n) is 11.5. The molecule has 1 aliphatic heterocycles. The van der Waals surface area contributed by atoms with Crippen molar-refractivity contribution in [3.63, 3.8) is 0 Å². The third kappa shape index (κ3) is 5.58. The Morgan fingerprint density at radius 1 is 0.875 bits per heavy atom. The van der Waals surface area contributed by atoms with E-state index in [1.807, 2.05) is 42.5 Å². The highest BCUT2D eigenvalue weighted by atomic mass is 16.5. The molecule has 6 rings (SSSR count). The van der Waals surface area contributed by atoms with Crippen LogP contribution in [0.25, 0.3) is 22.2 Å². The molecule has 0 spiro atoms. The van der Waals surface area contributed by atoms with Gasteiger partial charge >= 0.3 is 0 Å². The zero-order chi connectivity index (χ0) is 27.5. The SMILES string of the molecule is CCC(C)N1CCN([C@H]2CCC[C@@H](n3cc(-c4ccc(Oc5ccccc5)cc4)c4c(N)ncnc43)CC2)CC1. The molecule has 2 aliphatic rings. The van der Waals surface area contributed by atoms with Gasteiger partial charge in [-0.3, -0.25) is 9.80 Å². The van der Waals surface area contributed by atoms with Gasteiger partial charge in [0.15, 0.2) is 0 Å². The van der Waals surface area contributed by atoms with Gasteiger partial charge in [-0.2, -0.15) is 0 Å². The summed E-state index contributed by atoms with van der Waals surface area (Å²) >= 11 is 0. The number of anilines is 1. The topological polar surface area (TPSA) is 72.4 Å². The van der Waals surface area contributed by atoms with Gasteiger partial charge in [0.2, 0.25) is 0 Å². The quantitative estimate of drug-likeness (QED) is 0.262. The van der Waals surface area contributed by atoms with Crippen molar-refractivity contribution in [3.05, 3.63) is 67.1 Å². The number of hydrogen-bond donors (Lipinski definition) is 1. The van der Waals surface area contributed by atoms with E-state index in [1.165, 1.54) is 58.3 Å². The molecule has 40 heavy (non-hydrogen) atoms. The van der Waals surface area contributed by atoms with E-state index in [2.05, 4.69) is 51.5 Å². The van der Waals surface area contributed by atoms with E-state index in [0.717, 1.165) is 40.1 Å². The highest BCUT2D eigenvalue weighted by Crippen LogP contribution is 2.39. The van der Waals surface area contributed by atoms with Gasteiger partial charge in [0.1, 0.15) is 29.3 Å². The van der Waals surface area contributed by atoms with Gasteiger partial charge in [-0.05, 0) is 75.3 Å². The largest absolute Gasteiger partial charge is 0.457 e. The monoisotopic (exact) mass is 538 g/mol. The predicted octanol–water partition coefficient (Wildman–Crippen LogP) is 6.76. The van der Waals surface area contributed by atoms with Crippen LogP contribution in [0.15, 0.2) is 67.1 Å². The van der Waals surface area contributed by atoms with Crippen molar-refractivity contribution in [2.45, 2.75) is 70.5 Å². The first-order chi connectivity index (χ1) is 19.6. The van der Waals surface area contributed by atoms with Crippen LogP contribution >= 0.6 is 0 Å². The number of benzene rings is 2. The maximum absolute atomic E-state index is 6.46. The van der Waals surface area contributed by atoms with Crippen LogP contribution in [0.3, 0.4) is 0 Å². The molecule has 0 amide bonds. The molecule has 2 aromatic heterocycles. The standard InChI is InChI=1S/C33H42N6O/c1-3-24(2)37-18-20-38(21-19-37)26-8-7-9-27(15-14-26)39-22-30(31-32(34)35-23-36-33(31)39)25-12-16-29(17-13-25)40-28-10-5-4-6-11-28/h4-6,10-13,16-17,22-24,26-27H,3,7-9,14-15,18-21H2,1-2H3,(H2,34,35,36)/t24?,26-,27+/m0/s1. The molecule has 3 atom stereocenters. The Kier molecular flexibility index (Phi) is 8.03. The summed E-state index contributed by atoms with van der Waals surface area (Å²) in [6, 6.07) is 19.9. The zero-order valence-electron chi connectivity index (χ0n) is 23.9. The van der Waals surface area contributed by atoms with E-state index >= 15 is 0 Å². The average molecular weight is 539 g/mol. The number of piperazine rings is 1. The number of nitrogens with zero attached hydrogens (tertiary/aromatic N) is 5. The molecule has 3 heterocycles. The summed E-state index contributed by atoms with van der Waals surface area (Å²) in [6.45, 7) is 9.46. The number of nitrogen functional groups attached to an aromatic ring is 1. The fraction of sp³-hybridized carbons (Fsp3) is 0.455. The number of ether oxygens (including phenoxy) is 1. The molecule has 1 saturated carbocycles. The normalized spacial score (nSPS) is 21.8. The Morgan fingerprint density at radius 3 is 2.33 bits per heavy atom. The molecule has 2 N–H and O–H groups in total. The molecule has 4 aromatic rings. The van der Waals surface area contributed by atoms with Gasteiger partial charge in [-0.25, -0.2) is 9.97 Å². The average Bonchev–Trinajstić information content (AvgIpc) is 3.22. The van der Waals surface area contributed by atoms with Crippen molar-refractivity contribution in [2.75, 3.05) is 31.9 Å². The van der Waals surface area contributed by atoms with Gasteiger partial charge in [-0.1, -0.05) is 37.3 Å². The Labute approximate surface area is 238 Å². The lowest BCUT2D eigenvalue weighted by Crippen LogP contribution is -2.52. The van der Waals surface area contributed by atoms with E-state index in [-0.39, 0.29) is 0 Å². The molecule has 1 aliphatic carbocycles. The lowest BCUT2D eigenvalue weighted by atomic mass is 10.0.